The molecule has 4 fully saturated rings. The van der Waals surface area contributed by atoms with Gasteiger partial charge in [0.05, 0.1) is 31.3 Å². The summed E-state index contributed by atoms with van der Waals surface area (Å²) in [6.07, 6.45) is 4.04. The minimum absolute atomic E-state index is 0.0242. The molecule has 1 spiro atoms. The van der Waals surface area contributed by atoms with E-state index in [-0.39, 0.29) is 48.1 Å². The number of carbonyl (C=O) groups excluding carboxylic acids is 2. The van der Waals surface area contributed by atoms with Gasteiger partial charge in [0.1, 0.15) is 5.60 Å². The standard InChI is InChI=1S/C24H32O8/c1-21-6-4-14(25)10-13(21)11-15(19(26)30-3)18-16-5-7-23(29,8-9-31-20(27)28)22(16,2)12-17-24(18,21)32-17/h10,15-18,29H,4-9,11-12H2,1-3H3,(H,27,28)/t15-,16+,17-,18+,21+,22+,23-,24-/m1/s1. The van der Waals surface area contributed by atoms with Crippen LogP contribution in [0.1, 0.15) is 58.8 Å². The van der Waals surface area contributed by atoms with Crippen LogP contribution in [-0.4, -0.2) is 59.1 Å². The number of carboxylic acid groups (broad SMARTS) is 1. The van der Waals surface area contributed by atoms with Gasteiger partial charge in [0.2, 0.25) is 0 Å². The van der Waals surface area contributed by atoms with Crippen molar-refractivity contribution in [2.45, 2.75) is 76.1 Å². The third-order valence-corrected chi connectivity index (χ3v) is 9.94. The molecule has 0 amide bonds. The minimum atomic E-state index is -1.35. The summed E-state index contributed by atoms with van der Waals surface area (Å²) in [5.41, 5.74) is -1.46. The van der Waals surface area contributed by atoms with E-state index in [0.29, 0.717) is 32.1 Å². The zero-order chi connectivity index (χ0) is 23.1. The van der Waals surface area contributed by atoms with Crippen molar-refractivity contribution in [1.82, 2.24) is 0 Å². The topological polar surface area (TPSA) is 123 Å². The minimum Gasteiger partial charge on any atom is -0.469 e. The fourth-order valence-electron chi connectivity index (χ4n) is 8.22. The molecule has 2 N–H and O–H groups in total. The van der Waals surface area contributed by atoms with E-state index in [1.54, 1.807) is 6.08 Å². The van der Waals surface area contributed by atoms with Gasteiger partial charge in [-0.3, -0.25) is 9.59 Å². The number of esters is 1. The average molecular weight is 449 g/mol. The molecule has 176 valence electrons. The van der Waals surface area contributed by atoms with Crippen LogP contribution in [0.25, 0.3) is 0 Å². The van der Waals surface area contributed by atoms with Crippen molar-refractivity contribution >= 4 is 17.9 Å². The number of epoxide rings is 1. The van der Waals surface area contributed by atoms with Crippen molar-refractivity contribution in [2.24, 2.45) is 28.6 Å². The van der Waals surface area contributed by atoms with Crippen LogP contribution in [0.15, 0.2) is 11.6 Å². The molecule has 5 rings (SSSR count). The molecule has 0 aromatic carbocycles. The molecule has 1 aliphatic heterocycles. The molecule has 32 heavy (non-hydrogen) atoms. The second kappa shape index (κ2) is 6.79. The molecule has 1 heterocycles. The first kappa shape index (κ1) is 21.9. The lowest BCUT2D eigenvalue weighted by Crippen LogP contribution is -2.63. The van der Waals surface area contributed by atoms with Crippen molar-refractivity contribution in [3.05, 3.63) is 11.6 Å². The molecule has 4 aliphatic carbocycles. The maximum atomic E-state index is 13.0. The van der Waals surface area contributed by atoms with Crippen LogP contribution >= 0.6 is 0 Å². The van der Waals surface area contributed by atoms with Crippen LogP contribution in [-0.2, 0) is 23.8 Å². The van der Waals surface area contributed by atoms with Crippen LogP contribution < -0.4 is 0 Å². The van der Waals surface area contributed by atoms with Gasteiger partial charge in [-0.05, 0) is 44.1 Å². The maximum absolute atomic E-state index is 13.0. The van der Waals surface area contributed by atoms with Crippen molar-refractivity contribution in [2.75, 3.05) is 13.7 Å². The lowest BCUT2D eigenvalue weighted by Gasteiger charge is -2.58. The van der Waals surface area contributed by atoms with Crippen molar-refractivity contribution in [3.63, 3.8) is 0 Å². The number of methoxy groups -OCH3 is 1. The van der Waals surface area contributed by atoms with E-state index in [1.807, 2.05) is 0 Å². The largest absolute Gasteiger partial charge is 0.505 e. The first-order valence-corrected chi connectivity index (χ1v) is 11.6. The van der Waals surface area contributed by atoms with Gasteiger partial charge in [-0.1, -0.05) is 19.4 Å². The first-order chi connectivity index (χ1) is 15.0. The fraction of sp³-hybridized carbons (Fsp3) is 0.792. The molecule has 8 heteroatoms. The number of fused-ring (bicyclic) bond motifs is 3. The van der Waals surface area contributed by atoms with Crippen LogP contribution in [0.2, 0.25) is 0 Å². The number of aliphatic hydroxyl groups is 1. The van der Waals surface area contributed by atoms with Gasteiger partial charge < -0.3 is 24.4 Å². The predicted octanol–water partition coefficient (Wildman–Crippen LogP) is 2.86. The summed E-state index contributed by atoms with van der Waals surface area (Å²) >= 11 is 0. The zero-order valence-corrected chi connectivity index (χ0v) is 18.9. The molecule has 8 atom stereocenters. The highest BCUT2D eigenvalue weighted by Gasteiger charge is 2.82. The Hall–Kier alpha value is -1.93. The number of rotatable bonds is 4. The average Bonchev–Trinajstić information content (AvgIpc) is 3.39. The van der Waals surface area contributed by atoms with E-state index >= 15 is 0 Å². The van der Waals surface area contributed by atoms with E-state index in [1.165, 1.54) is 7.11 Å². The SMILES string of the molecule is COC(=O)[C@@H]1CC2=CC(=O)CC[C@]2(C)[C@@]23O[C@@H]2C[C@@]2(C)[C@@H](CC[C@@]2(O)CCOC(=O)O)[C@H]13. The highest BCUT2D eigenvalue weighted by molar-refractivity contribution is 5.92. The molecule has 5 aliphatic rings. The third-order valence-electron chi connectivity index (χ3n) is 9.94. The summed E-state index contributed by atoms with van der Waals surface area (Å²) in [4.78, 5) is 36.1. The summed E-state index contributed by atoms with van der Waals surface area (Å²) < 4.78 is 16.5. The molecule has 0 unspecified atom stereocenters. The zero-order valence-electron chi connectivity index (χ0n) is 18.9. The van der Waals surface area contributed by atoms with E-state index in [0.717, 1.165) is 12.0 Å². The molecule has 0 aromatic rings. The molecular formula is C24H32O8. The van der Waals surface area contributed by atoms with Gasteiger partial charge >= 0.3 is 12.1 Å². The summed E-state index contributed by atoms with van der Waals surface area (Å²) in [5.74, 6) is -0.724. The Morgan fingerprint density at radius 1 is 1.28 bits per heavy atom. The summed E-state index contributed by atoms with van der Waals surface area (Å²) in [7, 11) is 1.39. The van der Waals surface area contributed by atoms with Crippen molar-refractivity contribution in [1.29, 1.82) is 0 Å². The van der Waals surface area contributed by atoms with Crippen LogP contribution in [0, 0.1) is 28.6 Å². The Morgan fingerprint density at radius 3 is 2.72 bits per heavy atom. The van der Waals surface area contributed by atoms with Gasteiger partial charge in [0.15, 0.2) is 5.78 Å². The van der Waals surface area contributed by atoms with E-state index in [2.05, 4.69) is 13.8 Å². The molecule has 1 saturated heterocycles. The second-order valence-corrected chi connectivity index (χ2v) is 10.9. The normalized spacial score (nSPS) is 48.5. The van der Waals surface area contributed by atoms with Crippen LogP contribution in [0.3, 0.4) is 0 Å². The van der Waals surface area contributed by atoms with Gasteiger partial charge in [0.25, 0.3) is 0 Å². The molecule has 8 nitrogen and oxygen atoms in total. The summed E-state index contributed by atoms with van der Waals surface area (Å²) in [6, 6.07) is 0. The van der Waals surface area contributed by atoms with E-state index in [9.17, 15) is 19.5 Å². The highest BCUT2D eigenvalue weighted by atomic mass is 16.7. The fourth-order valence-corrected chi connectivity index (χ4v) is 8.22. The van der Waals surface area contributed by atoms with Crippen LogP contribution in [0.5, 0.6) is 0 Å². The lowest BCUT2D eigenvalue weighted by atomic mass is 9.43. The van der Waals surface area contributed by atoms with Gasteiger partial charge in [-0.15, -0.1) is 0 Å². The third kappa shape index (κ3) is 2.59. The molecule has 3 saturated carbocycles. The molecular weight excluding hydrogens is 416 g/mol. The summed E-state index contributed by atoms with van der Waals surface area (Å²) in [6.45, 7) is 4.17. The molecule has 0 aromatic heterocycles. The number of hydrogen-bond donors (Lipinski definition) is 2. The molecule has 0 bridgehead atoms. The van der Waals surface area contributed by atoms with E-state index < -0.39 is 28.7 Å². The highest BCUT2D eigenvalue weighted by Crippen LogP contribution is 2.77. The number of ether oxygens (including phenoxy) is 3. The second-order valence-electron chi connectivity index (χ2n) is 10.9. The monoisotopic (exact) mass is 448 g/mol. The number of carbonyl (C=O) groups is 3. The van der Waals surface area contributed by atoms with Gasteiger partial charge in [0, 0.05) is 29.6 Å². The Labute approximate surface area is 187 Å². The first-order valence-electron chi connectivity index (χ1n) is 11.6. The number of ketones is 1. The Morgan fingerprint density at radius 2 is 2.03 bits per heavy atom. The summed E-state index contributed by atoms with van der Waals surface area (Å²) in [5, 5.41) is 20.5. The van der Waals surface area contributed by atoms with Crippen LogP contribution in [0.4, 0.5) is 4.79 Å². The lowest BCUT2D eigenvalue weighted by molar-refractivity contribution is -0.163. The quantitative estimate of drug-likeness (QED) is 0.497. The Balaban J connectivity index is 1.55. The Bertz CT molecular complexity index is 912. The Kier molecular flexibility index (Phi) is 4.65. The van der Waals surface area contributed by atoms with Crippen molar-refractivity contribution < 1.29 is 38.8 Å². The van der Waals surface area contributed by atoms with Gasteiger partial charge in [-0.25, -0.2) is 4.79 Å². The smallest absolute Gasteiger partial charge is 0.469 e. The number of hydrogen-bond acceptors (Lipinski definition) is 7. The predicted molar refractivity (Wildman–Crippen MR) is 111 cm³/mol. The molecule has 0 radical (unpaired) electrons. The van der Waals surface area contributed by atoms with Gasteiger partial charge in [-0.2, -0.15) is 0 Å². The van der Waals surface area contributed by atoms with E-state index in [4.69, 9.17) is 19.3 Å². The maximum Gasteiger partial charge on any atom is 0.505 e. The van der Waals surface area contributed by atoms with Crippen molar-refractivity contribution in [3.8, 4) is 0 Å².